The number of hydrogen-bond donors (Lipinski definition) is 1. The normalized spacial score (nSPS) is 15.3. The molecule has 0 saturated carbocycles. The minimum Gasteiger partial charge on any atom is -0.395 e. The standard InChI is InChI=1S/C14H13F2NO2S/c1-2-10-4-5-11(20-10)8-17-9-3-6-12-13(7-9)19-14(15,16)18-12/h3-7,17H,2,8H2,1H3. The van der Waals surface area contributed by atoms with Crippen molar-refractivity contribution in [3.05, 3.63) is 40.1 Å². The number of rotatable bonds is 4. The summed E-state index contributed by atoms with van der Waals surface area (Å²) in [5.74, 6) is 0.116. The molecule has 1 aliphatic rings. The average Bonchev–Trinajstić information content (AvgIpc) is 2.97. The van der Waals surface area contributed by atoms with Crippen LogP contribution in [0.4, 0.5) is 14.5 Å². The molecule has 106 valence electrons. The Balaban J connectivity index is 1.67. The van der Waals surface area contributed by atoms with Crippen LogP contribution in [-0.2, 0) is 13.0 Å². The van der Waals surface area contributed by atoms with Crippen molar-refractivity contribution in [3.8, 4) is 11.5 Å². The van der Waals surface area contributed by atoms with E-state index in [1.165, 1.54) is 21.9 Å². The van der Waals surface area contributed by atoms with Crippen LogP contribution in [0.5, 0.6) is 11.5 Å². The van der Waals surface area contributed by atoms with Gasteiger partial charge in [0.1, 0.15) is 0 Å². The smallest absolute Gasteiger partial charge is 0.395 e. The topological polar surface area (TPSA) is 30.5 Å². The van der Waals surface area contributed by atoms with Crippen molar-refractivity contribution in [1.29, 1.82) is 0 Å². The molecule has 3 rings (SSSR count). The van der Waals surface area contributed by atoms with Crippen molar-refractivity contribution < 1.29 is 18.3 Å². The maximum absolute atomic E-state index is 12.9. The van der Waals surface area contributed by atoms with E-state index in [1.807, 2.05) is 0 Å². The Bertz CT molecular complexity index is 627. The van der Waals surface area contributed by atoms with Crippen LogP contribution in [0.2, 0.25) is 0 Å². The lowest BCUT2D eigenvalue weighted by Crippen LogP contribution is -2.25. The van der Waals surface area contributed by atoms with Gasteiger partial charge in [0.15, 0.2) is 11.5 Å². The average molecular weight is 297 g/mol. The molecule has 2 aromatic rings. The fourth-order valence-electron chi connectivity index (χ4n) is 1.96. The number of nitrogens with one attached hydrogen (secondary N) is 1. The van der Waals surface area contributed by atoms with Gasteiger partial charge in [-0.15, -0.1) is 20.1 Å². The second kappa shape index (κ2) is 4.94. The number of thiophene rings is 1. The van der Waals surface area contributed by atoms with Crippen LogP contribution in [0.25, 0.3) is 0 Å². The third-order valence-electron chi connectivity index (χ3n) is 2.93. The summed E-state index contributed by atoms with van der Waals surface area (Å²) >= 11 is 1.74. The number of anilines is 1. The van der Waals surface area contributed by atoms with Crippen LogP contribution in [-0.4, -0.2) is 6.29 Å². The van der Waals surface area contributed by atoms with Crippen molar-refractivity contribution in [2.24, 2.45) is 0 Å². The molecule has 1 aliphatic heterocycles. The third-order valence-corrected chi connectivity index (χ3v) is 4.16. The van der Waals surface area contributed by atoms with Crippen LogP contribution in [0.3, 0.4) is 0 Å². The Morgan fingerprint density at radius 2 is 1.85 bits per heavy atom. The molecule has 0 spiro atoms. The molecule has 1 aromatic heterocycles. The summed E-state index contributed by atoms with van der Waals surface area (Å²) < 4.78 is 34.6. The van der Waals surface area contributed by atoms with Gasteiger partial charge in [0.25, 0.3) is 0 Å². The van der Waals surface area contributed by atoms with Crippen LogP contribution in [0.15, 0.2) is 30.3 Å². The van der Waals surface area contributed by atoms with E-state index in [4.69, 9.17) is 0 Å². The predicted octanol–water partition coefficient (Wildman–Crippen LogP) is 4.24. The van der Waals surface area contributed by atoms with Crippen LogP contribution in [0.1, 0.15) is 16.7 Å². The van der Waals surface area contributed by atoms with E-state index in [2.05, 4.69) is 33.8 Å². The summed E-state index contributed by atoms with van der Waals surface area (Å²) in [5.41, 5.74) is 0.719. The number of alkyl halides is 2. The zero-order valence-electron chi connectivity index (χ0n) is 10.8. The van der Waals surface area contributed by atoms with Gasteiger partial charge < -0.3 is 14.8 Å². The Morgan fingerprint density at radius 3 is 2.60 bits per heavy atom. The van der Waals surface area contributed by atoms with Crippen molar-refractivity contribution in [1.82, 2.24) is 0 Å². The number of hydrogen-bond acceptors (Lipinski definition) is 4. The van der Waals surface area contributed by atoms with E-state index in [9.17, 15) is 8.78 Å². The molecule has 0 fully saturated rings. The first kappa shape index (κ1) is 13.2. The first-order valence-electron chi connectivity index (χ1n) is 6.27. The maximum Gasteiger partial charge on any atom is 0.586 e. The molecule has 0 amide bonds. The maximum atomic E-state index is 12.9. The Labute approximate surface area is 119 Å². The van der Waals surface area contributed by atoms with Gasteiger partial charge in [-0.3, -0.25) is 0 Å². The minimum absolute atomic E-state index is 0.0560. The highest BCUT2D eigenvalue weighted by Gasteiger charge is 2.43. The van der Waals surface area contributed by atoms with Crippen molar-refractivity contribution in [2.75, 3.05) is 5.32 Å². The molecular formula is C14H13F2NO2S. The van der Waals surface area contributed by atoms with Gasteiger partial charge in [-0.05, 0) is 30.7 Å². The van der Waals surface area contributed by atoms with Crippen molar-refractivity contribution in [2.45, 2.75) is 26.2 Å². The van der Waals surface area contributed by atoms with Crippen LogP contribution in [0, 0.1) is 0 Å². The van der Waals surface area contributed by atoms with Gasteiger partial charge >= 0.3 is 6.29 Å². The van der Waals surface area contributed by atoms with Gasteiger partial charge in [0, 0.05) is 28.1 Å². The monoisotopic (exact) mass is 297 g/mol. The molecule has 0 aliphatic carbocycles. The first-order chi connectivity index (χ1) is 9.55. The van der Waals surface area contributed by atoms with E-state index >= 15 is 0 Å². The predicted molar refractivity (Wildman–Crippen MR) is 73.7 cm³/mol. The molecule has 0 unspecified atom stereocenters. The second-order valence-corrected chi connectivity index (χ2v) is 5.66. The molecule has 1 N–H and O–H groups in total. The van der Waals surface area contributed by atoms with Crippen LogP contribution < -0.4 is 14.8 Å². The summed E-state index contributed by atoms with van der Waals surface area (Å²) in [5, 5.41) is 3.19. The number of fused-ring (bicyclic) bond motifs is 1. The zero-order valence-corrected chi connectivity index (χ0v) is 11.6. The Morgan fingerprint density at radius 1 is 1.10 bits per heavy atom. The number of aryl methyl sites for hydroxylation is 1. The van der Waals surface area contributed by atoms with E-state index in [0.29, 0.717) is 6.54 Å². The molecule has 6 heteroatoms. The highest BCUT2D eigenvalue weighted by molar-refractivity contribution is 7.12. The van der Waals surface area contributed by atoms with Gasteiger partial charge in [-0.2, -0.15) is 0 Å². The third kappa shape index (κ3) is 2.70. The summed E-state index contributed by atoms with van der Waals surface area (Å²) in [4.78, 5) is 2.52. The minimum atomic E-state index is -3.56. The van der Waals surface area contributed by atoms with Crippen LogP contribution >= 0.6 is 11.3 Å². The fourth-order valence-corrected chi connectivity index (χ4v) is 2.85. The van der Waals surface area contributed by atoms with Crippen molar-refractivity contribution in [3.63, 3.8) is 0 Å². The summed E-state index contributed by atoms with van der Waals surface area (Å²) in [6.45, 7) is 2.77. The van der Waals surface area contributed by atoms with E-state index in [-0.39, 0.29) is 11.5 Å². The second-order valence-electron chi connectivity index (χ2n) is 4.40. The highest BCUT2D eigenvalue weighted by Crippen LogP contribution is 2.42. The lowest BCUT2D eigenvalue weighted by molar-refractivity contribution is -0.286. The van der Waals surface area contributed by atoms with E-state index in [0.717, 1.165) is 12.1 Å². The molecule has 0 atom stereocenters. The lowest BCUT2D eigenvalue weighted by atomic mass is 10.2. The highest BCUT2D eigenvalue weighted by atomic mass is 32.1. The molecule has 0 saturated heterocycles. The number of ether oxygens (including phenoxy) is 2. The summed E-state index contributed by atoms with van der Waals surface area (Å²) in [6, 6.07) is 8.85. The van der Waals surface area contributed by atoms with Gasteiger partial charge in [0.2, 0.25) is 0 Å². The Hall–Kier alpha value is -1.82. The van der Waals surface area contributed by atoms with E-state index in [1.54, 1.807) is 17.4 Å². The summed E-state index contributed by atoms with van der Waals surface area (Å²) in [7, 11) is 0. The largest absolute Gasteiger partial charge is 0.586 e. The Kier molecular flexibility index (Phi) is 3.25. The first-order valence-corrected chi connectivity index (χ1v) is 7.09. The quantitative estimate of drug-likeness (QED) is 0.915. The van der Waals surface area contributed by atoms with Gasteiger partial charge in [-0.25, -0.2) is 0 Å². The number of halogens is 2. The van der Waals surface area contributed by atoms with Gasteiger partial charge in [0.05, 0.1) is 0 Å². The molecular weight excluding hydrogens is 284 g/mol. The van der Waals surface area contributed by atoms with E-state index < -0.39 is 6.29 Å². The molecule has 2 heterocycles. The van der Waals surface area contributed by atoms with Gasteiger partial charge in [-0.1, -0.05) is 6.92 Å². The zero-order chi connectivity index (χ0) is 14.2. The molecule has 3 nitrogen and oxygen atoms in total. The fraction of sp³-hybridized carbons (Fsp3) is 0.286. The SMILES string of the molecule is CCc1ccc(CNc2ccc3c(c2)OC(F)(F)O3)s1. The molecule has 0 bridgehead atoms. The number of benzene rings is 1. The summed E-state index contributed by atoms with van der Waals surface area (Å²) in [6.07, 6.45) is -2.55. The molecule has 20 heavy (non-hydrogen) atoms. The molecule has 1 aromatic carbocycles. The lowest BCUT2D eigenvalue weighted by Gasteiger charge is -2.05. The van der Waals surface area contributed by atoms with Crippen molar-refractivity contribution >= 4 is 17.0 Å². The molecule has 0 radical (unpaired) electrons.